The van der Waals surface area contributed by atoms with Crippen molar-refractivity contribution in [2.24, 2.45) is 0 Å². The van der Waals surface area contributed by atoms with E-state index in [0.717, 1.165) is 3.61 Å². The summed E-state index contributed by atoms with van der Waals surface area (Å²) in [5.74, 6) is 0. The molecular formula is C9H13O3PTe. The van der Waals surface area contributed by atoms with Gasteiger partial charge in [-0.25, -0.2) is 0 Å². The first-order chi connectivity index (χ1) is 6.59. The van der Waals surface area contributed by atoms with Crippen LogP contribution in [0, 0.1) is 6.92 Å². The van der Waals surface area contributed by atoms with E-state index >= 15 is 0 Å². The molecule has 0 N–H and O–H groups in total. The molecule has 0 spiro atoms. The Bertz CT molecular complexity index is 328. The fourth-order valence-electron chi connectivity index (χ4n) is 0.877. The second kappa shape index (κ2) is 5.30. The first-order valence-electron chi connectivity index (χ1n) is 4.07. The van der Waals surface area contributed by atoms with E-state index in [1.54, 1.807) is 0 Å². The summed E-state index contributed by atoms with van der Waals surface area (Å²) in [7, 11) is 2.87. The van der Waals surface area contributed by atoms with Crippen LogP contribution in [0.5, 0.6) is 0 Å². The third kappa shape index (κ3) is 3.38. The molecule has 14 heavy (non-hydrogen) atoms. The van der Waals surface area contributed by atoms with Gasteiger partial charge in [0.2, 0.25) is 0 Å². The molecule has 0 aliphatic carbocycles. The molecule has 0 aliphatic heterocycles. The maximum atomic E-state index is 11.8. The van der Waals surface area contributed by atoms with Crippen molar-refractivity contribution in [3.05, 3.63) is 29.8 Å². The van der Waals surface area contributed by atoms with Crippen molar-refractivity contribution in [1.82, 2.24) is 0 Å². The van der Waals surface area contributed by atoms with Crippen LogP contribution in [0.3, 0.4) is 0 Å². The zero-order valence-electron chi connectivity index (χ0n) is 8.39. The van der Waals surface area contributed by atoms with Crippen molar-refractivity contribution in [3.63, 3.8) is 0 Å². The van der Waals surface area contributed by atoms with E-state index in [2.05, 4.69) is 0 Å². The number of aryl methyl sites for hydroxylation is 1. The molecule has 0 radical (unpaired) electrons. The fraction of sp³-hybridized carbons (Fsp3) is 0.333. The van der Waals surface area contributed by atoms with Crippen molar-refractivity contribution in [1.29, 1.82) is 0 Å². The molecule has 0 saturated heterocycles. The predicted octanol–water partition coefficient (Wildman–Crippen LogP) is 1.73. The van der Waals surface area contributed by atoms with Gasteiger partial charge in [-0.1, -0.05) is 0 Å². The molecule has 0 unspecified atom stereocenters. The molecule has 0 amide bonds. The maximum absolute atomic E-state index is 11.8. The average molecular weight is 328 g/mol. The zero-order valence-corrected chi connectivity index (χ0v) is 11.6. The molecule has 0 bridgehead atoms. The Balaban J connectivity index is 2.78. The van der Waals surface area contributed by atoms with Crippen LogP contribution in [-0.4, -0.2) is 34.6 Å². The van der Waals surface area contributed by atoms with E-state index in [9.17, 15) is 4.57 Å². The molecule has 1 rings (SSSR count). The Morgan fingerprint density at radius 3 is 2.07 bits per heavy atom. The van der Waals surface area contributed by atoms with Crippen LogP contribution in [0.4, 0.5) is 0 Å². The average Bonchev–Trinajstić information content (AvgIpc) is 2.21. The normalized spacial score (nSPS) is 11.6. The van der Waals surface area contributed by atoms with E-state index in [-0.39, 0.29) is 0 Å². The Morgan fingerprint density at radius 1 is 1.14 bits per heavy atom. The summed E-state index contributed by atoms with van der Waals surface area (Å²) in [4.78, 5) is 0. The Labute approximate surface area is 93.8 Å². The second-order valence-corrected chi connectivity index (χ2v) is 11.3. The topological polar surface area (TPSA) is 35.5 Å². The Morgan fingerprint density at radius 2 is 1.64 bits per heavy atom. The fourth-order valence-corrected chi connectivity index (χ4v) is 6.47. The van der Waals surface area contributed by atoms with Crippen LogP contribution in [0.1, 0.15) is 5.56 Å². The summed E-state index contributed by atoms with van der Waals surface area (Å²) < 4.78 is 22.7. The molecule has 0 aliphatic rings. The summed E-state index contributed by atoms with van der Waals surface area (Å²) in [6.07, 6.45) is 0. The van der Waals surface area contributed by atoms with Gasteiger partial charge in [0.25, 0.3) is 0 Å². The van der Waals surface area contributed by atoms with Crippen molar-refractivity contribution < 1.29 is 13.6 Å². The molecular weight excluding hydrogens is 315 g/mol. The quantitative estimate of drug-likeness (QED) is 0.624. The molecule has 0 saturated carbocycles. The molecule has 78 valence electrons. The third-order valence-corrected chi connectivity index (χ3v) is 10.1. The Hall–Kier alpha value is 0.160. The van der Waals surface area contributed by atoms with E-state index < -0.39 is 25.7 Å². The van der Waals surface area contributed by atoms with Gasteiger partial charge in [-0.3, -0.25) is 0 Å². The SMILES string of the molecule is COP(=O)(OC)[Te]c1ccc(C)cc1. The van der Waals surface area contributed by atoms with Crippen LogP contribution in [-0.2, 0) is 13.6 Å². The molecule has 1 aromatic rings. The van der Waals surface area contributed by atoms with Crippen molar-refractivity contribution in [3.8, 4) is 0 Å². The standard InChI is InChI=1S/C9H13O3PTe/c1-8-4-6-9(7-5-8)14-13(10,11-2)12-3/h4-7H,1-3H3. The molecule has 1 aromatic carbocycles. The van der Waals surface area contributed by atoms with Crippen molar-refractivity contribution in [2.75, 3.05) is 14.2 Å². The number of hydrogen-bond donors (Lipinski definition) is 0. The number of benzene rings is 1. The van der Waals surface area contributed by atoms with Gasteiger partial charge in [0.1, 0.15) is 0 Å². The first-order valence-corrected chi connectivity index (χ1v) is 9.82. The summed E-state index contributed by atoms with van der Waals surface area (Å²) in [5, 5.41) is -2.79. The van der Waals surface area contributed by atoms with Crippen LogP contribution < -0.4 is 3.61 Å². The van der Waals surface area contributed by atoms with Gasteiger partial charge in [-0.15, -0.1) is 0 Å². The molecule has 5 heteroatoms. The molecule has 0 fully saturated rings. The number of hydrogen-bond acceptors (Lipinski definition) is 3. The zero-order chi connectivity index (χ0) is 10.6. The van der Waals surface area contributed by atoms with Crippen LogP contribution >= 0.6 is 5.29 Å². The van der Waals surface area contributed by atoms with Gasteiger partial charge in [0, 0.05) is 0 Å². The summed E-state index contributed by atoms with van der Waals surface area (Å²) in [6, 6.07) is 8.00. The van der Waals surface area contributed by atoms with E-state index in [0.29, 0.717) is 0 Å². The van der Waals surface area contributed by atoms with Gasteiger partial charge >= 0.3 is 93.9 Å². The minimum atomic E-state index is -2.79. The van der Waals surface area contributed by atoms with Gasteiger partial charge < -0.3 is 0 Å². The molecule has 0 aromatic heterocycles. The van der Waals surface area contributed by atoms with Crippen LogP contribution in [0.25, 0.3) is 0 Å². The third-order valence-electron chi connectivity index (χ3n) is 1.69. The van der Waals surface area contributed by atoms with Gasteiger partial charge in [0.05, 0.1) is 0 Å². The summed E-state index contributed by atoms with van der Waals surface area (Å²) >= 11 is -0.914. The molecule has 0 heterocycles. The van der Waals surface area contributed by atoms with Crippen LogP contribution in [0.15, 0.2) is 24.3 Å². The van der Waals surface area contributed by atoms with Crippen molar-refractivity contribution in [2.45, 2.75) is 6.92 Å². The monoisotopic (exact) mass is 330 g/mol. The minimum absolute atomic E-state index is 0.914. The van der Waals surface area contributed by atoms with E-state index in [1.165, 1.54) is 19.8 Å². The van der Waals surface area contributed by atoms with E-state index in [4.69, 9.17) is 9.05 Å². The second-order valence-electron chi connectivity index (χ2n) is 2.72. The molecule has 3 nitrogen and oxygen atoms in total. The first kappa shape index (κ1) is 12.2. The van der Waals surface area contributed by atoms with E-state index in [1.807, 2.05) is 31.2 Å². The molecule has 0 atom stereocenters. The van der Waals surface area contributed by atoms with Gasteiger partial charge in [-0.05, 0) is 0 Å². The van der Waals surface area contributed by atoms with Crippen LogP contribution in [0.2, 0.25) is 0 Å². The van der Waals surface area contributed by atoms with Gasteiger partial charge in [0.15, 0.2) is 0 Å². The van der Waals surface area contributed by atoms with Crippen molar-refractivity contribution >= 4 is 29.3 Å². The summed E-state index contributed by atoms with van der Waals surface area (Å²) in [6.45, 7) is 2.02. The summed E-state index contributed by atoms with van der Waals surface area (Å²) in [5.41, 5.74) is 1.20. The number of rotatable bonds is 4. The Kier molecular flexibility index (Phi) is 4.63. The van der Waals surface area contributed by atoms with Gasteiger partial charge in [-0.2, -0.15) is 0 Å². The predicted molar refractivity (Wildman–Crippen MR) is 58.2 cm³/mol.